The Morgan fingerprint density at radius 1 is 1.43 bits per heavy atom. The van der Waals surface area contributed by atoms with E-state index in [1.165, 1.54) is 6.92 Å². The number of aryl methyl sites for hydroxylation is 1. The highest BCUT2D eigenvalue weighted by Gasteiger charge is 2.42. The van der Waals surface area contributed by atoms with Crippen LogP contribution >= 0.6 is 0 Å². The third-order valence-corrected chi connectivity index (χ3v) is 4.18. The largest absolute Gasteiger partial charge is 0.481 e. The molecule has 1 aromatic heterocycles. The van der Waals surface area contributed by atoms with Crippen LogP contribution in [0, 0.1) is 5.41 Å². The van der Waals surface area contributed by atoms with Crippen LogP contribution in [0.1, 0.15) is 38.3 Å². The van der Waals surface area contributed by atoms with Gasteiger partial charge in [-0.15, -0.1) is 0 Å². The molecule has 1 amide bonds. The average Bonchev–Trinajstić information content (AvgIpc) is 2.48. The Hall–Kier alpha value is -1.98. The van der Waals surface area contributed by atoms with Crippen LogP contribution in [0.15, 0.2) is 18.6 Å². The maximum Gasteiger partial charge on any atom is 0.311 e. The van der Waals surface area contributed by atoms with Crippen molar-refractivity contribution in [3.8, 4) is 0 Å². The molecule has 1 fully saturated rings. The molecule has 1 N–H and O–H groups in total. The van der Waals surface area contributed by atoms with Gasteiger partial charge >= 0.3 is 5.97 Å². The van der Waals surface area contributed by atoms with Gasteiger partial charge in [0.25, 0.3) is 0 Å². The van der Waals surface area contributed by atoms with Crippen LogP contribution in [-0.2, 0) is 16.0 Å². The third kappa shape index (κ3) is 3.77. The minimum absolute atomic E-state index is 0.0470. The first kappa shape index (κ1) is 15.4. The number of carboxylic acids is 1. The van der Waals surface area contributed by atoms with Crippen LogP contribution in [-0.4, -0.2) is 44.9 Å². The normalized spacial score (nSPS) is 22.0. The number of piperidine rings is 1. The summed E-state index contributed by atoms with van der Waals surface area (Å²) in [5.74, 6) is -0.846. The van der Waals surface area contributed by atoms with Gasteiger partial charge < -0.3 is 10.0 Å². The van der Waals surface area contributed by atoms with E-state index in [4.69, 9.17) is 0 Å². The molecule has 0 aliphatic carbocycles. The fourth-order valence-electron chi connectivity index (χ4n) is 2.95. The number of aliphatic carboxylic acids is 1. The number of rotatable bonds is 5. The first-order valence-electron chi connectivity index (χ1n) is 7.27. The molecule has 114 valence electrons. The number of amides is 1. The molecule has 2 rings (SSSR count). The highest BCUT2D eigenvalue weighted by Crippen LogP contribution is 2.35. The fraction of sp³-hybridized carbons (Fsp3) is 0.600. The zero-order chi connectivity index (χ0) is 15.3. The van der Waals surface area contributed by atoms with Crippen LogP contribution in [0.4, 0.5) is 0 Å². The Labute approximate surface area is 124 Å². The maximum absolute atomic E-state index is 11.7. The monoisotopic (exact) mass is 291 g/mol. The molecular weight excluding hydrogens is 270 g/mol. The van der Waals surface area contributed by atoms with Crippen molar-refractivity contribution < 1.29 is 14.7 Å². The van der Waals surface area contributed by atoms with E-state index in [0.29, 0.717) is 32.4 Å². The van der Waals surface area contributed by atoms with E-state index in [9.17, 15) is 14.7 Å². The van der Waals surface area contributed by atoms with Gasteiger partial charge in [0.1, 0.15) is 0 Å². The fourth-order valence-corrected chi connectivity index (χ4v) is 2.95. The second kappa shape index (κ2) is 6.65. The number of hydrogen-bond donors (Lipinski definition) is 1. The first-order valence-corrected chi connectivity index (χ1v) is 7.27. The minimum Gasteiger partial charge on any atom is -0.481 e. The number of likely N-dealkylation sites (tertiary alicyclic amines) is 1. The maximum atomic E-state index is 11.7. The molecular formula is C15H21N3O3. The number of carbonyl (C=O) groups is 2. The molecule has 2 heterocycles. The van der Waals surface area contributed by atoms with E-state index < -0.39 is 11.4 Å². The number of carboxylic acid groups (broad SMARTS) is 1. The molecule has 6 heteroatoms. The van der Waals surface area contributed by atoms with Crippen molar-refractivity contribution in [1.29, 1.82) is 0 Å². The van der Waals surface area contributed by atoms with Gasteiger partial charge in [0.15, 0.2) is 0 Å². The summed E-state index contributed by atoms with van der Waals surface area (Å²) in [6.45, 7) is 2.48. The number of carbonyl (C=O) groups excluding carboxylic acids is 1. The molecule has 0 saturated carbocycles. The molecule has 0 spiro atoms. The van der Waals surface area contributed by atoms with Crippen LogP contribution in [0.25, 0.3) is 0 Å². The van der Waals surface area contributed by atoms with Crippen molar-refractivity contribution in [2.75, 3.05) is 13.1 Å². The van der Waals surface area contributed by atoms with Gasteiger partial charge in [-0.3, -0.25) is 19.6 Å². The second-order valence-corrected chi connectivity index (χ2v) is 5.68. The van der Waals surface area contributed by atoms with Crippen molar-refractivity contribution in [3.63, 3.8) is 0 Å². The molecule has 1 unspecified atom stereocenters. The highest BCUT2D eigenvalue weighted by molar-refractivity contribution is 5.78. The summed E-state index contributed by atoms with van der Waals surface area (Å²) in [5.41, 5.74) is 0.0591. The lowest BCUT2D eigenvalue weighted by atomic mass is 9.75. The quantitative estimate of drug-likeness (QED) is 0.889. The summed E-state index contributed by atoms with van der Waals surface area (Å²) in [7, 11) is 0. The van der Waals surface area contributed by atoms with E-state index in [1.54, 1.807) is 23.5 Å². The van der Waals surface area contributed by atoms with Gasteiger partial charge in [-0.2, -0.15) is 0 Å². The minimum atomic E-state index is -0.813. The second-order valence-electron chi connectivity index (χ2n) is 5.68. The number of hydrogen-bond acceptors (Lipinski definition) is 4. The third-order valence-electron chi connectivity index (χ3n) is 4.18. The average molecular weight is 291 g/mol. The molecule has 1 aliphatic heterocycles. The smallest absolute Gasteiger partial charge is 0.311 e. The predicted molar refractivity (Wildman–Crippen MR) is 76.5 cm³/mol. The Balaban J connectivity index is 1.98. The molecule has 6 nitrogen and oxygen atoms in total. The summed E-state index contributed by atoms with van der Waals surface area (Å²) >= 11 is 0. The van der Waals surface area contributed by atoms with E-state index >= 15 is 0 Å². The van der Waals surface area contributed by atoms with Gasteiger partial charge in [-0.25, -0.2) is 0 Å². The molecule has 1 atom stereocenters. The van der Waals surface area contributed by atoms with Gasteiger partial charge in [-0.1, -0.05) is 0 Å². The Bertz CT molecular complexity index is 506. The van der Waals surface area contributed by atoms with Crippen molar-refractivity contribution in [2.45, 2.75) is 39.0 Å². The summed E-state index contributed by atoms with van der Waals surface area (Å²) in [5, 5.41) is 9.62. The van der Waals surface area contributed by atoms with Gasteiger partial charge in [0.2, 0.25) is 5.91 Å². The van der Waals surface area contributed by atoms with Gasteiger partial charge in [0.05, 0.1) is 11.1 Å². The Morgan fingerprint density at radius 3 is 2.86 bits per heavy atom. The van der Waals surface area contributed by atoms with Crippen molar-refractivity contribution in [3.05, 3.63) is 24.3 Å². The molecule has 21 heavy (non-hydrogen) atoms. The highest BCUT2D eigenvalue weighted by atomic mass is 16.4. The topological polar surface area (TPSA) is 83.4 Å². The molecule has 0 aromatic carbocycles. The first-order chi connectivity index (χ1) is 10.0. The lowest BCUT2D eigenvalue weighted by molar-refractivity contribution is -0.155. The van der Waals surface area contributed by atoms with E-state index in [-0.39, 0.29) is 5.91 Å². The van der Waals surface area contributed by atoms with E-state index in [1.807, 2.05) is 0 Å². The molecule has 0 radical (unpaired) electrons. The van der Waals surface area contributed by atoms with Gasteiger partial charge in [-0.05, 0) is 32.1 Å². The van der Waals surface area contributed by atoms with Crippen LogP contribution in [0.5, 0.6) is 0 Å². The van der Waals surface area contributed by atoms with E-state index in [0.717, 1.165) is 18.5 Å². The lowest BCUT2D eigenvalue weighted by Gasteiger charge is -2.39. The summed E-state index contributed by atoms with van der Waals surface area (Å²) in [6.07, 6.45) is 8.34. The summed E-state index contributed by atoms with van der Waals surface area (Å²) in [4.78, 5) is 33.1. The Kier molecular flexibility index (Phi) is 4.88. The molecule has 1 aliphatic rings. The SMILES string of the molecule is CC(=O)N1CCCC(CCCc2cnccn2)(C(=O)O)C1. The van der Waals surface area contributed by atoms with Crippen molar-refractivity contribution in [1.82, 2.24) is 14.9 Å². The van der Waals surface area contributed by atoms with Crippen LogP contribution in [0.2, 0.25) is 0 Å². The molecule has 1 saturated heterocycles. The van der Waals surface area contributed by atoms with Crippen LogP contribution < -0.4 is 0 Å². The predicted octanol–water partition coefficient (Wildman–Crippen LogP) is 1.51. The standard InChI is InChI=1S/C15H21N3O3/c1-12(19)18-9-3-6-15(11-18,14(20)21)5-2-4-13-10-16-7-8-17-13/h7-8,10H,2-6,9,11H2,1H3,(H,20,21). The van der Waals surface area contributed by atoms with E-state index in [2.05, 4.69) is 9.97 Å². The van der Waals surface area contributed by atoms with Gasteiger partial charge in [0, 0.05) is 38.6 Å². The zero-order valence-electron chi connectivity index (χ0n) is 12.3. The molecule has 1 aromatic rings. The Morgan fingerprint density at radius 2 is 2.24 bits per heavy atom. The van der Waals surface area contributed by atoms with Crippen LogP contribution in [0.3, 0.4) is 0 Å². The zero-order valence-corrected chi connectivity index (χ0v) is 12.3. The lowest BCUT2D eigenvalue weighted by Crippen LogP contribution is -2.49. The number of aromatic nitrogens is 2. The number of nitrogens with zero attached hydrogens (tertiary/aromatic N) is 3. The van der Waals surface area contributed by atoms with Crippen molar-refractivity contribution >= 4 is 11.9 Å². The summed E-state index contributed by atoms with van der Waals surface area (Å²) < 4.78 is 0. The van der Waals surface area contributed by atoms with Crippen molar-refractivity contribution in [2.24, 2.45) is 5.41 Å². The summed E-state index contributed by atoms with van der Waals surface area (Å²) in [6, 6.07) is 0. The molecule has 0 bridgehead atoms.